The van der Waals surface area contributed by atoms with Gasteiger partial charge in [0.15, 0.2) is 0 Å². The Labute approximate surface area is 122 Å². The molecule has 1 atom stereocenters. The average Bonchev–Trinajstić information content (AvgIpc) is 2.38. The van der Waals surface area contributed by atoms with Crippen molar-refractivity contribution in [2.24, 2.45) is 0 Å². The lowest BCUT2D eigenvalue weighted by molar-refractivity contribution is -0.143. The topological polar surface area (TPSA) is 46.9 Å². The highest BCUT2D eigenvalue weighted by atomic mass is 35.5. The van der Waals surface area contributed by atoms with E-state index in [4.69, 9.17) is 11.6 Å². The Hall–Kier alpha value is -0.890. The van der Waals surface area contributed by atoms with Crippen LogP contribution in [0.15, 0.2) is 11.0 Å². The van der Waals surface area contributed by atoms with E-state index >= 15 is 0 Å². The lowest BCUT2D eigenvalue weighted by atomic mass is 10.2. The fourth-order valence-electron chi connectivity index (χ4n) is 1.92. The molecule has 0 bridgehead atoms. The summed E-state index contributed by atoms with van der Waals surface area (Å²) in [6, 6.07) is 0.158. The van der Waals surface area contributed by atoms with Crippen molar-refractivity contribution in [2.75, 3.05) is 16.8 Å². The molecule has 1 aromatic heterocycles. The molecule has 0 spiro atoms. The predicted octanol–water partition coefficient (Wildman–Crippen LogP) is 2.77. The lowest BCUT2D eigenvalue weighted by Crippen LogP contribution is -2.32. The van der Waals surface area contributed by atoms with Crippen LogP contribution >= 0.6 is 23.4 Å². The van der Waals surface area contributed by atoms with Gasteiger partial charge in [-0.2, -0.15) is 30.0 Å². The van der Waals surface area contributed by atoms with Gasteiger partial charge in [0.1, 0.15) is 11.6 Å². The van der Waals surface area contributed by atoms with E-state index in [0.29, 0.717) is 10.4 Å². The number of halogens is 4. The third-order valence-electron chi connectivity index (χ3n) is 2.83. The van der Waals surface area contributed by atoms with Crippen LogP contribution in [0.1, 0.15) is 12.8 Å². The fourth-order valence-corrected chi connectivity index (χ4v) is 3.20. The van der Waals surface area contributed by atoms with Gasteiger partial charge in [0, 0.05) is 11.8 Å². The minimum atomic E-state index is -4.50. The Morgan fingerprint density at radius 2 is 2.30 bits per heavy atom. The summed E-state index contributed by atoms with van der Waals surface area (Å²) in [4.78, 5) is 11.7. The number of nitrogens with zero attached hydrogens (tertiary/aromatic N) is 2. The first-order chi connectivity index (χ1) is 9.37. The van der Waals surface area contributed by atoms with Gasteiger partial charge in [0.2, 0.25) is 0 Å². The molecule has 1 fully saturated rings. The number of nitrogens with one attached hydrogen (secondary N) is 1. The Morgan fingerprint density at radius 1 is 1.55 bits per heavy atom. The van der Waals surface area contributed by atoms with Crippen molar-refractivity contribution in [1.82, 2.24) is 9.78 Å². The van der Waals surface area contributed by atoms with Crippen LogP contribution in [0.25, 0.3) is 0 Å². The van der Waals surface area contributed by atoms with Gasteiger partial charge in [-0.05, 0) is 18.6 Å². The van der Waals surface area contributed by atoms with Crippen molar-refractivity contribution < 1.29 is 13.2 Å². The number of alkyl halides is 3. The fraction of sp³-hybridized carbons (Fsp3) is 0.636. The first kappa shape index (κ1) is 15.5. The van der Waals surface area contributed by atoms with E-state index in [1.165, 1.54) is 6.20 Å². The van der Waals surface area contributed by atoms with Gasteiger partial charge in [0.05, 0.1) is 11.9 Å². The number of rotatable bonds is 3. The minimum absolute atomic E-state index is 0.158. The molecule has 0 aliphatic carbocycles. The molecule has 2 heterocycles. The standard InChI is InChI=1S/C11H13ClF3N3OS/c12-9-8(17-7-2-1-3-20-5-7)4-16-18(10(9)19)6-11(13,14)15/h4,7,17H,1-3,5-6H2. The summed E-state index contributed by atoms with van der Waals surface area (Å²) in [6.07, 6.45) is -1.34. The zero-order valence-corrected chi connectivity index (χ0v) is 12.0. The molecular formula is C11H13ClF3N3OS. The molecule has 20 heavy (non-hydrogen) atoms. The van der Waals surface area contributed by atoms with Crippen molar-refractivity contribution >= 4 is 29.1 Å². The van der Waals surface area contributed by atoms with Gasteiger partial charge in [-0.15, -0.1) is 0 Å². The van der Waals surface area contributed by atoms with Gasteiger partial charge in [-0.1, -0.05) is 11.6 Å². The van der Waals surface area contributed by atoms with Crippen LogP contribution in [0, 0.1) is 0 Å². The Balaban J connectivity index is 2.15. The van der Waals surface area contributed by atoms with Gasteiger partial charge >= 0.3 is 6.18 Å². The number of aromatic nitrogens is 2. The highest BCUT2D eigenvalue weighted by Gasteiger charge is 2.30. The molecule has 0 radical (unpaired) electrons. The smallest absolute Gasteiger partial charge is 0.379 e. The first-order valence-electron chi connectivity index (χ1n) is 6.03. The highest BCUT2D eigenvalue weighted by molar-refractivity contribution is 7.99. The van der Waals surface area contributed by atoms with Crippen molar-refractivity contribution in [2.45, 2.75) is 31.6 Å². The molecule has 2 rings (SSSR count). The SMILES string of the molecule is O=c1c(Cl)c(NC2CCCSC2)cnn1CC(F)(F)F. The predicted molar refractivity (Wildman–Crippen MR) is 73.5 cm³/mol. The summed E-state index contributed by atoms with van der Waals surface area (Å²) >= 11 is 7.62. The molecule has 1 N–H and O–H groups in total. The first-order valence-corrected chi connectivity index (χ1v) is 7.57. The molecule has 1 aromatic rings. The maximum Gasteiger partial charge on any atom is 0.408 e. The second-order valence-corrected chi connectivity index (χ2v) is 6.04. The van der Waals surface area contributed by atoms with E-state index in [0.717, 1.165) is 24.3 Å². The van der Waals surface area contributed by atoms with Crippen LogP contribution < -0.4 is 10.9 Å². The normalized spacial score (nSPS) is 19.9. The summed E-state index contributed by atoms with van der Waals surface area (Å²) in [5.41, 5.74) is -0.639. The summed E-state index contributed by atoms with van der Waals surface area (Å²) in [7, 11) is 0. The third kappa shape index (κ3) is 4.05. The van der Waals surface area contributed by atoms with Gasteiger partial charge in [-0.25, -0.2) is 4.68 Å². The molecule has 0 saturated carbocycles. The molecule has 1 saturated heterocycles. The van der Waals surface area contributed by atoms with Gasteiger partial charge in [0.25, 0.3) is 5.56 Å². The van der Waals surface area contributed by atoms with E-state index in [1.807, 2.05) is 0 Å². The molecule has 1 aliphatic rings. The molecule has 1 unspecified atom stereocenters. The van der Waals surface area contributed by atoms with Crippen LogP contribution in [0.3, 0.4) is 0 Å². The lowest BCUT2D eigenvalue weighted by Gasteiger charge is -2.23. The third-order valence-corrected chi connectivity index (χ3v) is 4.41. The number of hydrogen-bond donors (Lipinski definition) is 1. The molecule has 112 valence electrons. The second kappa shape index (κ2) is 6.26. The summed E-state index contributed by atoms with van der Waals surface area (Å²) in [5.74, 6) is 1.97. The van der Waals surface area contributed by atoms with Crippen molar-refractivity contribution in [3.05, 3.63) is 21.6 Å². The van der Waals surface area contributed by atoms with E-state index < -0.39 is 18.3 Å². The van der Waals surface area contributed by atoms with E-state index in [9.17, 15) is 18.0 Å². The zero-order valence-electron chi connectivity index (χ0n) is 10.4. The van der Waals surface area contributed by atoms with Crippen LogP contribution in [-0.4, -0.2) is 33.5 Å². The molecule has 0 aromatic carbocycles. The van der Waals surface area contributed by atoms with Crippen molar-refractivity contribution in [1.29, 1.82) is 0 Å². The monoisotopic (exact) mass is 327 g/mol. The zero-order chi connectivity index (χ0) is 14.8. The van der Waals surface area contributed by atoms with Crippen LogP contribution in [-0.2, 0) is 6.54 Å². The molecule has 9 heteroatoms. The van der Waals surface area contributed by atoms with Crippen LogP contribution in [0.4, 0.5) is 18.9 Å². The van der Waals surface area contributed by atoms with Crippen molar-refractivity contribution in [3.63, 3.8) is 0 Å². The Morgan fingerprint density at radius 3 is 2.90 bits per heavy atom. The number of thioether (sulfide) groups is 1. The summed E-state index contributed by atoms with van der Waals surface area (Å²) in [6.45, 7) is -1.44. The van der Waals surface area contributed by atoms with Crippen LogP contribution in [0.2, 0.25) is 5.02 Å². The summed E-state index contributed by atoms with van der Waals surface area (Å²) in [5, 5.41) is 6.34. The number of anilines is 1. The maximum absolute atomic E-state index is 12.3. The molecule has 1 aliphatic heterocycles. The van der Waals surface area contributed by atoms with Gasteiger partial charge < -0.3 is 5.32 Å². The molecule has 0 amide bonds. The minimum Gasteiger partial charge on any atom is -0.379 e. The molecular weight excluding hydrogens is 315 g/mol. The van der Waals surface area contributed by atoms with E-state index in [-0.39, 0.29) is 11.1 Å². The Kier molecular flexibility index (Phi) is 4.85. The number of hydrogen-bond acceptors (Lipinski definition) is 4. The second-order valence-electron chi connectivity index (χ2n) is 4.51. The maximum atomic E-state index is 12.3. The van der Waals surface area contributed by atoms with Crippen LogP contribution in [0.5, 0.6) is 0 Å². The van der Waals surface area contributed by atoms with E-state index in [2.05, 4.69) is 10.4 Å². The largest absolute Gasteiger partial charge is 0.408 e. The van der Waals surface area contributed by atoms with Crippen molar-refractivity contribution in [3.8, 4) is 0 Å². The Bertz CT molecular complexity index is 529. The van der Waals surface area contributed by atoms with E-state index in [1.54, 1.807) is 11.8 Å². The highest BCUT2D eigenvalue weighted by Crippen LogP contribution is 2.24. The quantitative estimate of drug-likeness (QED) is 0.927. The molecule has 4 nitrogen and oxygen atoms in total. The van der Waals surface area contributed by atoms with Gasteiger partial charge in [-0.3, -0.25) is 4.79 Å². The average molecular weight is 328 g/mol. The summed E-state index contributed by atoms with van der Waals surface area (Å²) < 4.78 is 37.1.